The van der Waals surface area contributed by atoms with Crippen LogP contribution in [0.15, 0.2) is 12.7 Å². The van der Waals surface area contributed by atoms with Crippen molar-refractivity contribution in [2.45, 2.75) is 39.2 Å². The average Bonchev–Trinajstić information content (AvgIpc) is 3.16. The maximum atomic E-state index is 9.89. The van der Waals surface area contributed by atoms with Crippen LogP contribution in [0.3, 0.4) is 0 Å². The Bertz CT molecular complexity index is 744. The van der Waals surface area contributed by atoms with Crippen LogP contribution in [0.5, 0.6) is 0 Å². The fourth-order valence-corrected chi connectivity index (χ4v) is 3.67. The van der Waals surface area contributed by atoms with Crippen molar-refractivity contribution in [1.82, 2.24) is 19.5 Å². The van der Waals surface area contributed by atoms with Gasteiger partial charge < -0.3 is 25.1 Å². The molecule has 0 saturated carbocycles. The van der Waals surface area contributed by atoms with Crippen molar-refractivity contribution in [3.05, 3.63) is 12.7 Å². The van der Waals surface area contributed by atoms with Gasteiger partial charge in [-0.1, -0.05) is 20.8 Å². The Labute approximate surface area is 152 Å². The molecule has 1 saturated heterocycles. The van der Waals surface area contributed by atoms with Crippen LogP contribution in [0.4, 0.5) is 5.82 Å². The quantitative estimate of drug-likeness (QED) is 0.728. The van der Waals surface area contributed by atoms with Gasteiger partial charge >= 0.3 is 0 Å². The summed E-state index contributed by atoms with van der Waals surface area (Å²) in [5, 5.41) is 9.89. The lowest BCUT2D eigenvalue weighted by Crippen LogP contribution is -2.40. The van der Waals surface area contributed by atoms with Crippen LogP contribution < -0.4 is 5.73 Å². The topological polar surface area (TPSA) is 118 Å². The minimum absolute atomic E-state index is 0.0222. The number of nitrogen functional groups attached to an aromatic ring is 1. The number of ether oxygens (including phenoxy) is 3. The summed E-state index contributed by atoms with van der Waals surface area (Å²) in [4.78, 5) is 12.6. The second-order valence-corrected chi connectivity index (χ2v) is 7.55. The van der Waals surface area contributed by atoms with Gasteiger partial charge in [0.15, 0.2) is 17.7 Å². The molecule has 4 atom stereocenters. The molecule has 9 heteroatoms. The maximum Gasteiger partial charge on any atom is 0.167 e. The zero-order valence-electron chi connectivity index (χ0n) is 15.6. The highest BCUT2D eigenvalue weighted by atomic mass is 16.6. The van der Waals surface area contributed by atoms with Gasteiger partial charge in [-0.05, 0) is 5.41 Å². The van der Waals surface area contributed by atoms with E-state index in [9.17, 15) is 5.11 Å². The van der Waals surface area contributed by atoms with Crippen LogP contribution in [0.25, 0.3) is 11.2 Å². The minimum atomic E-state index is -0.479. The van der Waals surface area contributed by atoms with Gasteiger partial charge in [0.2, 0.25) is 0 Å². The van der Waals surface area contributed by atoms with Crippen molar-refractivity contribution in [2.24, 2.45) is 11.3 Å². The van der Waals surface area contributed by atoms with E-state index < -0.39 is 6.23 Å². The van der Waals surface area contributed by atoms with Crippen molar-refractivity contribution < 1.29 is 19.3 Å². The standard InChI is InChI=1S/C17H27N5O4/c1-17(2,3)11-10(7-23)26-16(13(11)25-6-5-24-4)22-9-21-12-14(18)19-8-20-15(12)22/h8-11,13,16,23H,5-7H2,1-4H3,(H2,18,19,20)/t10-,11+,13?,16-/m1/s1. The van der Waals surface area contributed by atoms with E-state index in [1.807, 2.05) is 0 Å². The van der Waals surface area contributed by atoms with E-state index in [-0.39, 0.29) is 30.1 Å². The van der Waals surface area contributed by atoms with Gasteiger partial charge in [-0.15, -0.1) is 0 Å². The SMILES string of the molecule is COCCOC1[C@H](n2cnc3c(N)ncnc32)O[C@H](CO)[C@@H]1C(C)(C)C. The molecule has 9 nitrogen and oxygen atoms in total. The molecule has 1 unspecified atom stereocenters. The molecule has 144 valence electrons. The summed E-state index contributed by atoms with van der Waals surface area (Å²) in [6.45, 7) is 7.16. The van der Waals surface area contributed by atoms with Crippen molar-refractivity contribution >= 4 is 17.0 Å². The molecule has 1 aliphatic heterocycles. The normalized spacial score (nSPS) is 26.7. The lowest BCUT2D eigenvalue weighted by molar-refractivity contribution is -0.0776. The number of anilines is 1. The monoisotopic (exact) mass is 365 g/mol. The van der Waals surface area contributed by atoms with E-state index in [4.69, 9.17) is 19.9 Å². The molecule has 0 aromatic carbocycles. The molecule has 0 radical (unpaired) electrons. The Hall–Kier alpha value is -1.81. The molecule has 26 heavy (non-hydrogen) atoms. The molecule has 3 N–H and O–H groups in total. The molecule has 2 aromatic heterocycles. The van der Waals surface area contributed by atoms with Crippen LogP contribution in [-0.2, 0) is 14.2 Å². The van der Waals surface area contributed by atoms with Gasteiger partial charge in [-0.25, -0.2) is 15.0 Å². The van der Waals surface area contributed by atoms with Crippen molar-refractivity contribution in [3.63, 3.8) is 0 Å². The van der Waals surface area contributed by atoms with E-state index in [0.717, 1.165) is 0 Å². The molecule has 3 rings (SSSR count). The summed E-state index contributed by atoms with van der Waals surface area (Å²) in [7, 11) is 1.63. The third-order valence-electron chi connectivity index (χ3n) is 4.79. The number of nitrogens with two attached hydrogens (primary N) is 1. The first-order valence-electron chi connectivity index (χ1n) is 8.68. The van der Waals surface area contributed by atoms with E-state index in [0.29, 0.717) is 30.2 Å². The third kappa shape index (κ3) is 3.39. The number of nitrogens with zero attached hydrogens (tertiary/aromatic N) is 4. The second-order valence-electron chi connectivity index (χ2n) is 7.55. The number of hydrogen-bond acceptors (Lipinski definition) is 8. The Kier molecular flexibility index (Phi) is 5.42. The van der Waals surface area contributed by atoms with Crippen LogP contribution in [0.1, 0.15) is 27.0 Å². The zero-order chi connectivity index (χ0) is 18.9. The molecule has 0 amide bonds. The number of rotatable bonds is 6. The smallest absolute Gasteiger partial charge is 0.167 e. The van der Waals surface area contributed by atoms with E-state index in [1.54, 1.807) is 18.0 Å². The number of fused-ring (bicyclic) bond motifs is 1. The van der Waals surface area contributed by atoms with Crippen LogP contribution >= 0.6 is 0 Å². The van der Waals surface area contributed by atoms with Crippen LogP contribution in [0.2, 0.25) is 0 Å². The highest BCUT2D eigenvalue weighted by Gasteiger charge is 2.51. The first kappa shape index (κ1) is 19.0. The zero-order valence-corrected chi connectivity index (χ0v) is 15.6. The fourth-order valence-electron chi connectivity index (χ4n) is 3.67. The van der Waals surface area contributed by atoms with Gasteiger partial charge in [-0.2, -0.15) is 0 Å². The number of methoxy groups -OCH3 is 1. The van der Waals surface area contributed by atoms with Crippen molar-refractivity contribution in [3.8, 4) is 0 Å². The average molecular weight is 365 g/mol. The summed E-state index contributed by atoms with van der Waals surface area (Å²) in [6, 6.07) is 0. The molecule has 3 heterocycles. The highest BCUT2D eigenvalue weighted by Crippen LogP contribution is 2.45. The molecular formula is C17H27N5O4. The molecule has 1 aliphatic rings. The Morgan fingerprint density at radius 2 is 2.04 bits per heavy atom. The van der Waals surface area contributed by atoms with Gasteiger partial charge in [0, 0.05) is 13.0 Å². The summed E-state index contributed by atoms with van der Waals surface area (Å²) < 4.78 is 19.3. The summed E-state index contributed by atoms with van der Waals surface area (Å²) in [5.74, 6) is 0.292. The second kappa shape index (κ2) is 7.43. The van der Waals surface area contributed by atoms with Crippen LogP contribution in [0, 0.1) is 11.3 Å². The Balaban J connectivity index is 2.00. The molecular weight excluding hydrogens is 338 g/mol. The largest absolute Gasteiger partial charge is 0.394 e. The number of aromatic nitrogens is 4. The number of hydrogen-bond donors (Lipinski definition) is 2. The van der Waals surface area contributed by atoms with Gasteiger partial charge in [0.1, 0.15) is 17.9 Å². The lowest BCUT2D eigenvalue weighted by atomic mass is 9.75. The summed E-state index contributed by atoms with van der Waals surface area (Å²) >= 11 is 0. The third-order valence-corrected chi connectivity index (χ3v) is 4.79. The molecule has 0 aliphatic carbocycles. The van der Waals surface area contributed by atoms with Crippen molar-refractivity contribution in [1.29, 1.82) is 0 Å². The molecule has 0 spiro atoms. The van der Waals surface area contributed by atoms with Gasteiger partial charge in [-0.3, -0.25) is 4.57 Å². The van der Waals surface area contributed by atoms with E-state index in [2.05, 4.69) is 35.7 Å². The Morgan fingerprint density at radius 1 is 1.27 bits per heavy atom. The van der Waals surface area contributed by atoms with Crippen LogP contribution in [-0.4, -0.2) is 63.8 Å². The number of aliphatic hydroxyl groups is 1. The lowest BCUT2D eigenvalue weighted by Gasteiger charge is -2.34. The first-order valence-corrected chi connectivity index (χ1v) is 8.68. The molecule has 0 bridgehead atoms. The predicted octanol–water partition coefficient (Wildman–Crippen LogP) is 0.992. The predicted molar refractivity (Wildman–Crippen MR) is 95.3 cm³/mol. The number of aliphatic hydroxyl groups excluding tert-OH is 1. The minimum Gasteiger partial charge on any atom is -0.394 e. The van der Waals surface area contributed by atoms with E-state index in [1.165, 1.54) is 6.33 Å². The number of imidazole rings is 1. The first-order chi connectivity index (χ1) is 12.4. The fraction of sp³-hybridized carbons (Fsp3) is 0.706. The highest BCUT2D eigenvalue weighted by molar-refractivity contribution is 5.81. The molecule has 1 fully saturated rings. The summed E-state index contributed by atoms with van der Waals surface area (Å²) in [6.07, 6.45) is 1.90. The summed E-state index contributed by atoms with van der Waals surface area (Å²) in [5.41, 5.74) is 6.86. The van der Waals surface area contributed by atoms with Gasteiger partial charge in [0.25, 0.3) is 0 Å². The van der Waals surface area contributed by atoms with Crippen molar-refractivity contribution in [2.75, 3.05) is 32.7 Å². The van der Waals surface area contributed by atoms with E-state index >= 15 is 0 Å². The molecule has 2 aromatic rings. The van der Waals surface area contributed by atoms with Gasteiger partial charge in [0.05, 0.1) is 32.3 Å². The Morgan fingerprint density at radius 3 is 2.69 bits per heavy atom. The maximum absolute atomic E-state index is 9.89.